The minimum absolute atomic E-state index is 0.136. The van der Waals surface area contributed by atoms with Crippen LogP contribution in [0, 0.1) is 20.8 Å². The lowest BCUT2D eigenvalue weighted by Crippen LogP contribution is -2.31. The van der Waals surface area contributed by atoms with Crippen LogP contribution in [0.3, 0.4) is 0 Å². The molecule has 1 atom stereocenters. The van der Waals surface area contributed by atoms with Crippen molar-refractivity contribution in [2.45, 2.75) is 33.7 Å². The Bertz CT molecular complexity index is 1300. The second kappa shape index (κ2) is 8.97. The van der Waals surface area contributed by atoms with Gasteiger partial charge in [-0.25, -0.2) is 4.68 Å². The molecule has 3 heterocycles. The Morgan fingerprint density at radius 3 is 2.55 bits per heavy atom. The molecule has 0 aliphatic rings. The number of nitrogens with zero attached hydrogens (tertiary/aromatic N) is 3. The summed E-state index contributed by atoms with van der Waals surface area (Å²) in [7, 11) is 3.46. The summed E-state index contributed by atoms with van der Waals surface area (Å²) < 4.78 is 18.3. The summed E-state index contributed by atoms with van der Waals surface area (Å²) in [5.41, 5.74) is 4.40. The van der Waals surface area contributed by atoms with Gasteiger partial charge in [0, 0.05) is 18.7 Å². The van der Waals surface area contributed by atoms with Crippen molar-refractivity contribution in [3.05, 3.63) is 59.0 Å². The van der Waals surface area contributed by atoms with Gasteiger partial charge in [-0.1, -0.05) is 12.1 Å². The van der Waals surface area contributed by atoms with Crippen molar-refractivity contribution in [1.82, 2.24) is 20.1 Å². The molecule has 33 heavy (non-hydrogen) atoms. The highest BCUT2D eigenvalue weighted by Crippen LogP contribution is 2.34. The number of benzene rings is 1. The third-order valence-electron chi connectivity index (χ3n) is 5.61. The van der Waals surface area contributed by atoms with Gasteiger partial charge in [0.2, 0.25) is 5.88 Å². The summed E-state index contributed by atoms with van der Waals surface area (Å²) in [4.78, 5) is 17.1. The van der Waals surface area contributed by atoms with Gasteiger partial charge in [-0.2, -0.15) is 10.1 Å². The minimum atomic E-state index is -0.229. The smallest absolute Gasteiger partial charge is 0.258 e. The third-order valence-corrected chi connectivity index (χ3v) is 5.61. The molecule has 8 nitrogen and oxygen atoms in total. The fraction of sp³-hybridized carbons (Fsp3) is 0.320. The number of aromatic nitrogens is 3. The highest BCUT2D eigenvalue weighted by Gasteiger charge is 2.20. The lowest BCUT2D eigenvalue weighted by molar-refractivity contribution is -0.123. The number of fused-ring (bicyclic) bond motifs is 1. The number of amides is 1. The first kappa shape index (κ1) is 22.4. The molecule has 0 spiro atoms. The van der Waals surface area contributed by atoms with Crippen molar-refractivity contribution < 1.29 is 18.7 Å². The monoisotopic (exact) mass is 448 g/mol. The number of methoxy groups -OCH3 is 1. The van der Waals surface area contributed by atoms with Gasteiger partial charge in [0.15, 0.2) is 12.3 Å². The molecule has 0 saturated heterocycles. The van der Waals surface area contributed by atoms with E-state index >= 15 is 0 Å². The molecule has 3 aromatic heterocycles. The van der Waals surface area contributed by atoms with Crippen molar-refractivity contribution in [3.63, 3.8) is 0 Å². The molecule has 4 rings (SSSR count). The summed E-state index contributed by atoms with van der Waals surface area (Å²) in [5, 5.41) is 8.54. The first-order valence-electron chi connectivity index (χ1n) is 10.7. The van der Waals surface area contributed by atoms with Crippen molar-refractivity contribution in [3.8, 4) is 22.9 Å². The molecule has 0 saturated carbocycles. The number of aryl methyl sites for hydroxylation is 4. The zero-order chi connectivity index (χ0) is 23.7. The van der Waals surface area contributed by atoms with Gasteiger partial charge in [0.1, 0.15) is 23.0 Å². The van der Waals surface area contributed by atoms with Gasteiger partial charge >= 0.3 is 0 Å². The number of rotatable bonds is 7. The molecular weight excluding hydrogens is 420 g/mol. The maximum atomic E-state index is 12.5. The summed E-state index contributed by atoms with van der Waals surface area (Å²) in [6.07, 6.45) is 0. The summed E-state index contributed by atoms with van der Waals surface area (Å²) in [6, 6.07) is 11.2. The minimum Gasteiger partial charge on any atom is -0.497 e. The number of hydrogen-bond acceptors (Lipinski definition) is 6. The molecule has 0 bridgehead atoms. The molecule has 4 aromatic rings. The van der Waals surface area contributed by atoms with Crippen LogP contribution in [0.1, 0.15) is 35.6 Å². The van der Waals surface area contributed by atoms with E-state index < -0.39 is 0 Å². The summed E-state index contributed by atoms with van der Waals surface area (Å²) in [5.74, 6) is 2.57. The van der Waals surface area contributed by atoms with Gasteiger partial charge in [-0.05, 0) is 57.0 Å². The molecule has 0 radical (unpaired) electrons. The Hall–Kier alpha value is -3.81. The molecule has 172 valence electrons. The Balaban J connectivity index is 1.48. The molecular formula is C25H28N4O4. The highest BCUT2D eigenvalue weighted by atomic mass is 16.5. The van der Waals surface area contributed by atoms with Crippen molar-refractivity contribution in [2.75, 3.05) is 13.7 Å². The van der Waals surface area contributed by atoms with Crippen LogP contribution in [0.25, 0.3) is 22.3 Å². The zero-order valence-corrected chi connectivity index (χ0v) is 19.7. The van der Waals surface area contributed by atoms with Crippen LogP contribution in [-0.4, -0.2) is 34.4 Å². The Morgan fingerprint density at radius 1 is 1.18 bits per heavy atom. The predicted molar refractivity (Wildman–Crippen MR) is 125 cm³/mol. The van der Waals surface area contributed by atoms with E-state index in [-0.39, 0.29) is 18.6 Å². The second-order valence-electron chi connectivity index (χ2n) is 8.13. The van der Waals surface area contributed by atoms with E-state index in [0.717, 1.165) is 45.0 Å². The summed E-state index contributed by atoms with van der Waals surface area (Å²) >= 11 is 0. The van der Waals surface area contributed by atoms with E-state index in [1.807, 2.05) is 71.1 Å². The van der Waals surface area contributed by atoms with Crippen LogP contribution in [0.5, 0.6) is 11.6 Å². The quantitative estimate of drug-likeness (QED) is 0.450. The lowest BCUT2D eigenvalue weighted by Gasteiger charge is -2.15. The third kappa shape index (κ3) is 4.55. The fourth-order valence-corrected chi connectivity index (χ4v) is 3.93. The number of carbonyl (C=O) groups is 1. The number of hydrogen-bond donors (Lipinski definition) is 1. The van der Waals surface area contributed by atoms with Crippen LogP contribution < -0.4 is 14.8 Å². The van der Waals surface area contributed by atoms with E-state index in [4.69, 9.17) is 13.9 Å². The van der Waals surface area contributed by atoms with E-state index in [1.54, 1.807) is 11.8 Å². The van der Waals surface area contributed by atoms with Crippen LogP contribution >= 0.6 is 0 Å². The lowest BCUT2D eigenvalue weighted by atomic mass is 10.1. The second-order valence-corrected chi connectivity index (χ2v) is 8.13. The predicted octanol–water partition coefficient (Wildman–Crippen LogP) is 4.42. The average molecular weight is 449 g/mol. The van der Waals surface area contributed by atoms with Crippen molar-refractivity contribution >= 4 is 16.9 Å². The van der Waals surface area contributed by atoms with Crippen LogP contribution in [-0.2, 0) is 11.8 Å². The van der Waals surface area contributed by atoms with Gasteiger partial charge in [-0.3, -0.25) is 4.79 Å². The van der Waals surface area contributed by atoms with Gasteiger partial charge in [0.25, 0.3) is 5.91 Å². The molecule has 0 aliphatic carbocycles. The number of ether oxygens (including phenoxy) is 2. The maximum Gasteiger partial charge on any atom is 0.258 e. The SMILES string of the molecule is COc1ccc([C@H](C)NC(=O)COc2cc(C)c3c(-c4cc(C)oc4C)nn(C)c3n2)cc1. The first-order chi connectivity index (χ1) is 15.8. The number of furan rings is 1. The molecule has 0 fully saturated rings. The zero-order valence-electron chi connectivity index (χ0n) is 19.7. The van der Waals surface area contributed by atoms with Gasteiger partial charge < -0.3 is 19.2 Å². The first-order valence-corrected chi connectivity index (χ1v) is 10.7. The topological polar surface area (TPSA) is 91.4 Å². The Morgan fingerprint density at radius 2 is 1.91 bits per heavy atom. The van der Waals surface area contributed by atoms with Crippen LogP contribution in [0.2, 0.25) is 0 Å². The van der Waals surface area contributed by atoms with Crippen LogP contribution in [0.15, 0.2) is 40.8 Å². The normalized spacial score (nSPS) is 12.1. The van der Waals surface area contributed by atoms with Gasteiger partial charge in [-0.15, -0.1) is 0 Å². The van der Waals surface area contributed by atoms with Crippen molar-refractivity contribution in [1.29, 1.82) is 0 Å². The maximum absolute atomic E-state index is 12.5. The highest BCUT2D eigenvalue weighted by molar-refractivity contribution is 5.94. The number of pyridine rings is 1. The molecule has 1 aromatic carbocycles. The fourth-order valence-electron chi connectivity index (χ4n) is 3.93. The van der Waals surface area contributed by atoms with E-state index in [1.165, 1.54) is 0 Å². The molecule has 0 aliphatic heterocycles. The van der Waals surface area contributed by atoms with E-state index in [2.05, 4.69) is 15.4 Å². The Kier molecular flexibility index (Phi) is 6.09. The van der Waals surface area contributed by atoms with E-state index in [9.17, 15) is 4.79 Å². The molecule has 8 heteroatoms. The largest absolute Gasteiger partial charge is 0.497 e. The molecule has 0 unspecified atom stereocenters. The summed E-state index contributed by atoms with van der Waals surface area (Å²) in [6.45, 7) is 7.61. The molecule has 1 N–H and O–H groups in total. The van der Waals surface area contributed by atoms with Crippen molar-refractivity contribution in [2.24, 2.45) is 7.05 Å². The van der Waals surface area contributed by atoms with E-state index in [0.29, 0.717) is 11.5 Å². The van der Waals surface area contributed by atoms with Crippen LogP contribution in [0.4, 0.5) is 0 Å². The Labute approximate surface area is 192 Å². The number of carbonyl (C=O) groups excluding carboxylic acids is 1. The van der Waals surface area contributed by atoms with Gasteiger partial charge in [0.05, 0.1) is 18.5 Å². The number of nitrogens with one attached hydrogen (secondary N) is 1. The average Bonchev–Trinajstić information content (AvgIpc) is 3.30. The standard InChI is InChI=1S/C25H28N4O4/c1-14-11-22(32-13-21(30)26-16(3)18-7-9-19(31-6)10-8-18)27-25-23(14)24(28-29(25)5)20-12-15(2)33-17(20)4/h7-12,16H,13H2,1-6H3,(H,26,30)/t16-/m0/s1. The molecule has 1 amide bonds.